The lowest BCUT2D eigenvalue weighted by atomic mass is 9.64. The van der Waals surface area contributed by atoms with Crippen molar-refractivity contribution in [1.29, 1.82) is 0 Å². The molecule has 0 N–H and O–H groups in total. The van der Waals surface area contributed by atoms with Gasteiger partial charge in [-0.3, -0.25) is 9.69 Å². The van der Waals surface area contributed by atoms with Crippen LogP contribution in [0.3, 0.4) is 0 Å². The Bertz CT molecular complexity index is 963. The minimum Gasteiger partial charge on any atom is -0.470 e. The lowest BCUT2D eigenvalue weighted by Crippen LogP contribution is -2.65. The number of carbonyl (C=O) groups is 1. The van der Waals surface area contributed by atoms with E-state index in [1.807, 2.05) is 55.4 Å². The Morgan fingerprint density at radius 3 is 2.81 bits per heavy atom. The van der Waals surface area contributed by atoms with Gasteiger partial charge in [0.25, 0.3) is 5.88 Å². The third-order valence-corrected chi connectivity index (χ3v) is 5.53. The van der Waals surface area contributed by atoms with Crippen LogP contribution < -0.4 is 4.74 Å². The molecular weight excluding hydrogens is 346 g/mol. The Labute approximate surface area is 156 Å². The molecule has 7 heteroatoms. The molecular formula is C20H19N3O4. The van der Waals surface area contributed by atoms with Gasteiger partial charge in [0.2, 0.25) is 11.4 Å². The van der Waals surface area contributed by atoms with Crippen molar-refractivity contribution in [3.05, 3.63) is 59.4 Å². The van der Waals surface area contributed by atoms with Crippen molar-refractivity contribution in [2.45, 2.75) is 24.7 Å². The molecule has 0 fully saturated rings. The molecule has 1 aromatic heterocycles. The lowest BCUT2D eigenvalue weighted by Gasteiger charge is -2.50. The molecule has 5 rings (SSSR count). The molecule has 0 saturated carbocycles. The molecule has 3 atom stereocenters. The van der Waals surface area contributed by atoms with Gasteiger partial charge in [-0.05, 0) is 37.3 Å². The van der Waals surface area contributed by atoms with Crippen molar-refractivity contribution in [3.63, 3.8) is 0 Å². The number of benzene rings is 1. The summed E-state index contributed by atoms with van der Waals surface area (Å²) in [6.45, 7) is 0.352. The zero-order chi connectivity index (χ0) is 18.6. The summed E-state index contributed by atoms with van der Waals surface area (Å²) in [4.78, 5) is 20.4. The molecule has 0 bridgehead atoms. The molecule has 138 valence electrons. The normalized spacial score (nSPS) is 27.8. The highest BCUT2D eigenvalue weighted by Gasteiger charge is 2.66. The third kappa shape index (κ3) is 2.15. The average molecular weight is 365 g/mol. The van der Waals surface area contributed by atoms with E-state index in [0.717, 1.165) is 5.56 Å². The zero-order valence-electron chi connectivity index (χ0n) is 15.1. The first-order chi connectivity index (χ1) is 13.1. The van der Waals surface area contributed by atoms with Crippen LogP contribution >= 0.6 is 0 Å². The Morgan fingerprint density at radius 1 is 1.30 bits per heavy atom. The summed E-state index contributed by atoms with van der Waals surface area (Å²) in [6.07, 6.45) is 4.18. The number of hydrogen-bond donors (Lipinski definition) is 0. The van der Waals surface area contributed by atoms with Crippen molar-refractivity contribution in [1.82, 2.24) is 10.1 Å². The molecule has 1 aliphatic heterocycles. The molecule has 1 aromatic carbocycles. The highest BCUT2D eigenvalue weighted by molar-refractivity contribution is 6.27. The lowest BCUT2D eigenvalue weighted by molar-refractivity contribution is -0.151. The first kappa shape index (κ1) is 16.3. The topological polar surface area (TPSA) is 77.2 Å². The fourth-order valence-electron chi connectivity index (χ4n) is 4.28. The van der Waals surface area contributed by atoms with Gasteiger partial charge in [-0.25, -0.2) is 0 Å². The number of fused-ring (bicyclic) bond motifs is 2. The van der Waals surface area contributed by atoms with E-state index in [1.54, 1.807) is 6.08 Å². The molecule has 1 spiro atoms. The monoisotopic (exact) mass is 365 g/mol. The van der Waals surface area contributed by atoms with Gasteiger partial charge < -0.3 is 14.1 Å². The summed E-state index contributed by atoms with van der Waals surface area (Å²) in [5.74, 6) is 0.827. The first-order valence-corrected chi connectivity index (χ1v) is 8.93. The molecule has 0 amide bonds. The Hall–Kier alpha value is -2.93. The number of aromatic nitrogens is 1. The summed E-state index contributed by atoms with van der Waals surface area (Å²) >= 11 is 0. The number of carbonyl (C=O) groups excluding carboxylic acids is 1. The maximum Gasteiger partial charge on any atom is 0.264 e. The van der Waals surface area contributed by atoms with E-state index >= 15 is 0 Å². The van der Waals surface area contributed by atoms with Gasteiger partial charge >= 0.3 is 0 Å². The van der Waals surface area contributed by atoms with Gasteiger partial charge in [-0.15, -0.1) is 0 Å². The second kappa shape index (κ2) is 5.79. The Kier molecular flexibility index (Phi) is 3.48. The third-order valence-electron chi connectivity index (χ3n) is 5.53. The fraction of sp³-hybridized carbons (Fsp3) is 0.350. The van der Waals surface area contributed by atoms with Gasteiger partial charge in [0.05, 0.1) is 6.04 Å². The number of oxime groups is 1. The van der Waals surface area contributed by atoms with Crippen molar-refractivity contribution in [2.75, 3.05) is 14.1 Å². The standard InChI is InChI=1S/C20H19N3O4/c1-23(2)16-13-9-6-10-14(24)20(13)18(21-27-20)15-17(16)26-22-19(15)25-11-12-7-4-3-5-8-12/h3-8,10,13,16H,9,11H2,1-2H3/t13-,16+,20-/m0/s1. The first-order valence-electron chi connectivity index (χ1n) is 8.93. The number of nitrogens with zero attached hydrogens (tertiary/aromatic N) is 3. The average Bonchev–Trinajstić information content (AvgIpc) is 3.03. The SMILES string of the molecule is CN(C)[C@H]1c2onc(OCc3ccccc3)c2C2=NO[C@@]23C(=O)C=CC[C@@H]13. The summed E-state index contributed by atoms with van der Waals surface area (Å²) < 4.78 is 11.6. The fourth-order valence-corrected chi connectivity index (χ4v) is 4.28. The van der Waals surface area contributed by atoms with Crippen LogP contribution in [0, 0.1) is 5.92 Å². The Morgan fingerprint density at radius 2 is 2.11 bits per heavy atom. The van der Waals surface area contributed by atoms with Crippen LogP contribution in [0.25, 0.3) is 0 Å². The smallest absolute Gasteiger partial charge is 0.264 e. The number of ketones is 1. The van der Waals surface area contributed by atoms with Gasteiger partial charge in [-0.2, -0.15) is 0 Å². The van der Waals surface area contributed by atoms with Crippen LogP contribution in [0.2, 0.25) is 0 Å². The molecule has 2 heterocycles. The van der Waals surface area contributed by atoms with Crippen LogP contribution in [0.5, 0.6) is 5.88 Å². The second-order valence-electron chi connectivity index (χ2n) is 7.29. The molecule has 7 nitrogen and oxygen atoms in total. The van der Waals surface area contributed by atoms with Crippen LogP contribution in [-0.4, -0.2) is 41.2 Å². The van der Waals surface area contributed by atoms with Gasteiger partial charge in [0, 0.05) is 5.92 Å². The largest absolute Gasteiger partial charge is 0.470 e. The predicted molar refractivity (Wildman–Crippen MR) is 96.3 cm³/mol. The molecule has 2 aliphatic carbocycles. The van der Waals surface area contributed by atoms with E-state index in [1.165, 1.54) is 0 Å². The van der Waals surface area contributed by atoms with E-state index < -0.39 is 5.60 Å². The molecule has 0 unspecified atom stereocenters. The number of ether oxygens (including phenoxy) is 1. The number of hydrogen-bond acceptors (Lipinski definition) is 7. The van der Waals surface area contributed by atoms with E-state index in [9.17, 15) is 4.79 Å². The Balaban J connectivity index is 1.57. The molecule has 3 aliphatic rings. The van der Waals surface area contributed by atoms with Gasteiger partial charge in [0.1, 0.15) is 12.2 Å². The molecule has 27 heavy (non-hydrogen) atoms. The van der Waals surface area contributed by atoms with Crippen molar-refractivity contribution >= 4 is 11.5 Å². The van der Waals surface area contributed by atoms with E-state index in [0.29, 0.717) is 35.9 Å². The van der Waals surface area contributed by atoms with Crippen molar-refractivity contribution < 1.29 is 18.9 Å². The number of allylic oxidation sites excluding steroid dienone is 1. The molecule has 0 radical (unpaired) electrons. The summed E-state index contributed by atoms with van der Waals surface area (Å²) in [7, 11) is 3.91. The maximum absolute atomic E-state index is 12.8. The minimum absolute atomic E-state index is 0.0866. The van der Waals surface area contributed by atoms with Crippen molar-refractivity contribution in [3.8, 4) is 5.88 Å². The summed E-state index contributed by atoms with van der Waals surface area (Å²) in [5.41, 5.74) is 1.17. The summed E-state index contributed by atoms with van der Waals surface area (Å²) in [6, 6.07) is 9.66. The maximum atomic E-state index is 12.8. The molecule has 2 aromatic rings. The van der Waals surface area contributed by atoms with Crippen LogP contribution in [-0.2, 0) is 16.2 Å². The quantitative estimate of drug-likeness (QED) is 0.828. The second-order valence-corrected chi connectivity index (χ2v) is 7.29. The predicted octanol–water partition coefficient (Wildman–Crippen LogP) is 2.49. The minimum atomic E-state index is -1.06. The van der Waals surface area contributed by atoms with Crippen LogP contribution in [0.4, 0.5) is 0 Å². The van der Waals surface area contributed by atoms with Gasteiger partial charge in [-0.1, -0.05) is 41.6 Å². The van der Waals surface area contributed by atoms with E-state index in [-0.39, 0.29) is 17.7 Å². The zero-order valence-corrected chi connectivity index (χ0v) is 15.1. The highest BCUT2D eigenvalue weighted by Crippen LogP contribution is 2.54. The highest BCUT2D eigenvalue weighted by atomic mass is 16.7. The molecule has 0 saturated heterocycles. The van der Waals surface area contributed by atoms with Crippen LogP contribution in [0.1, 0.15) is 29.3 Å². The van der Waals surface area contributed by atoms with Crippen molar-refractivity contribution in [2.24, 2.45) is 11.1 Å². The number of rotatable bonds is 4. The van der Waals surface area contributed by atoms with Crippen LogP contribution in [0.15, 0.2) is 52.2 Å². The van der Waals surface area contributed by atoms with Gasteiger partial charge in [0.15, 0.2) is 11.5 Å². The summed E-state index contributed by atoms with van der Waals surface area (Å²) in [5, 5.41) is 8.25. The van der Waals surface area contributed by atoms with E-state index in [4.69, 9.17) is 14.1 Å². The van der Waals surface area contributed by atoms with E-state index in [2.05, 4.69) is 10.3 Å².